The van der Waals surface area contributed by atoms with Crippen molar-refractivity contribution in [2.75, 3.05) is 0 Å². The molecule has 0 N–H and O–H groups in total. The number of hydrogen-bond donors (Lipinski definition) is 0. The van der Waals surface area contributed by atoms with E-state index in [1.54, 1.807) is 42.6 Å². The average molecular weight is 1170 g/mol. The van der Waals surface area contributed by atoms with Gasteiger partial charge in [0.1, 0.15) is 0 Å². The molecule has 366 valence electrons. The van der Waals surface area contributed by atoms with Crippen LogP contribution in [-0.4, -0.2) is 29.1 Å². The Kier molecular flexibility index (Phi) is 10.5. The summed E-state index contributed by atoms with van der Waals surface area (Å²) in [7, 11) is 0. The SMILES string of the molecule is [2H]C([2H])(c1ccc(-c2[c-]cccc2)nc1)C([2H])([2H])c1cc(-c2ccccc2-c2cnc3c4[c-]cccc4n4nccc4c3c2-c2ccc3c(c2)c2ccccc2n3-c2ccccc2)cc(C([2H])([2H])C([2H])([2H])c2ccc(-c3[c-]cccc3)nc2)c1.[Ir+3]. The molecule has 0 aliphatic heterocycles. The van der Waals surface area contributed by atoms with Crippen LogP contribution in [0.4, 0.5) is 0 Å². The monoisotopic (exact) mass is 1170 g/mol. The van der Waals surface area contributed by atoms with E-state index in [4.69, 9.17) is 10.1 Å². The van der Waals surface area contributed by atoms with Gasteiger partial charge in [0, 0.05) is 63.3 Å². The molecule has 6 heterocycles. The van der Waals surface area contributed by atoms with Gasteiger partial charge in [-0.2, -0.15) is 5.10 Å². The normalized spacial score (nSPS) is 13.8. The fourth-order valence-electron chi connectivity index (χ4n) is 10.5. The van der Waals surface area contributed by atoms with Gasteiger partial charge in [0.15, 0.2) is 0 Å². The zero-order valence-electron chi connectivity index (χ0n) is 49.0. The van der Waals surface area contributed by atoms with Gasteiger partial charge in [0.25, 0.3) is 0 Å². The summed E-state index contributed by atoms with van der Waals surface area (Å²) in [6.07, 6.45) is -5.02. The van der Waals surface area contributed by atoms with Crippen LogP contribution in [0.3, 0.4) is 0 Å². The molecule has 7 heteroatoms. The molecule has 0 bridgehead atoms. The molecule has 0 radical (unpaired) electrons. The quantitative estimate of drug-likeness (QED) is 0.0903. The molecule has 0 unspecified atom stereocenters. The number of aromatic nitrogens is 6. The van der Waals surface area contributed by atoms with Crippen LogP contribution in [-0.2, 0) is 45.6 Å². The summed E-state index contributed by atoms with van der Waals surface area (Å²) in [5.74, 6) is 0. The molecule has 0 aliphatic rings. The van der Waals surface area contributed by atoms with Gasteiger partial charge < -0.3 is 19.5 Å². The molecule has 77 heavy (non-hydrogen) atoms. The van der Waals surface area contributed by atoms with E-state index in [1.165, 1.54) is 30.6 Å². The summed E-state index contributed by atoms with van der Waals surface area (Å²) in [5, 5.41) is 8.48. The topological polar surface area (TPSA) is 60.9 Å². The molecule has 8 aromatic carbocycles. The first kappa shape index (κ1) is 39.3. The number of nitrogens with zero attached hydrogens (tertiary/aromatic N) is 6. The van der Waals surface area contributed by atoms with Gasteiger partial charge in [0.05, 0.1) is 16.6 Å². The standard InChI is InChI=1S/C70H47N6.Ir/c1-4-16-51(17-5-1)62-35-32-47(44-71-62)28-30-49-40-50(31-29-48-33-36-63(72-45-48)52-18-6-2-7-19-52)42-54(41-49)56-22-10-11-23-57(56)61-46-73-70-59-25-13-15-27-66(59)76-67(38-39-74-76)69(70)68(61)53-34-37-65-60(43-53)58-24-12-14-26-64(58)75(65)55-20-8-3-9-21-55;/h1-16,18,20-24,26-27,32-46H,28-31H2;/q-3;+3/i28D2,29D2,30D2,31D2;. The molecule has 0 atom stereocenters. The molecule has 6 nitrogen and oxygen atoms in total. The number of para-hydroxylation sites is 2. The van der Waals surface area contributed by atoms with E-state index >= 15 is 0 Å². The van der Waals surface area contributed by atoms with Crippen LogP contribution >= 0.6 is 0 Å². The van der Waals surface area contributed by atoms with Gasteiger partial charge in [-0.05, 0) is 134 Å². The number of aryl methyl sites for hydroxylation is 4. The van der Waals surface area contributed by atoms with Crippen molar-refractivity contribution in [3.05, 3.63) is 278 Å². The molecule has 14 aromatic rings. The minimum absolute atomic E-state index is 0. The maximum Gasteiger partial charge on any atom is 3.00 e. The molecule has 14 rings (SSSR count). The van der Waals surface area contributed by atoms with Crippen LogP contribution in [0.25, 0.3) is 111 Å². The van der Waals surface area contributed by atoms with Crippen molar-refractivity contribution in [3.8, 4) is 61.6 Å². The zero-order chi connectivity index (χ0) is 57.5. The molecular weight excluding hydrogens is 1120 g/mol. The van der Waals surface area contributed by atoms with Gasteiger partial charge in [0.2, 0.25) is 0 Å². The Morgan fingerprint density at radius 3 is 1.74 bits per heavy atom. The summed E-state index contributed by atoms with van der Waals surface area (Å²) >= 11 is 0. The first-order chi connectivity index (χ1) is 40.7. The minimum atomic E-state index is -2.87. The Hall–Kier alpha value is -9.13. The average Bonchev–Trinajstić information content (AvgIpc) is 1.98. The summed E-state index contributed by atoms with van der Waals surface area (Å²) in [5.41, 5.74) is 11.2. The van der Waals surface area contributed by atoms with E-state index < -0.39 is 25.5 Å². The Labute approximate surface area is 471 Å². The van der Waals surface area contributed by atoms with Crippen molar-refractivity contribution in [1.82, 2.24) is 29.1 Å². The molecular formula is C70H47IrN6. The smallest absolute Gasteiger partial charge is 0.309 e. The third-order valence-corrected chi connectivity index (χ3v) is 13.9. The zero-order valence-corrected chi connectivity index (χ0v) is 43.4. The van der Waals surface area contributed by atoms with Gasteiger partial charge in [-0.1, -0.05) is 115 Å². The van der Waals surface area contributed by atoms with E-state index in [0.29, 0.717) is 50.3 Å². The third kappa shape index (κ3) is 8.89. The van der Waals surface area contributed by atoms with E-state index in [0.717, 1.165) is 60.4 Å². The molecule has 0 amide bonds. The van der Waals surface area contributed by atoms with Crippen LogP contribution in [0.2, 0.25) is 0 Å². The molecule has 0 saturated heterocycles. The second-order valence-corrected chi connectivity index (χ2v) is 18.5. The van der Waals surface area contributed by atoms with Crippen LogP contribution in [0.15, 0.2) is 237 Å². The van der Waals surface area contributed by atoms with Gasteiger partial charge >= 0.3 is 20.1 Å². The largest absolute Gasteiger partial charge is 3.00 e. The van der Waals surface area contributed by atoms with Crippen LogP contribution < -0.4 is 0 Å². The van der Waals surface area contributed by atoms with E-state index in [9.17, 15) is 11.0 Å². The van der Waals surface area contributed by atoms with Crippen LogP contribution in [0.1, 0.15) is 33.2 Å². The van der Waals surface area contributed by atoms with Crippen LogP contribution in [0.5, 0.6) is 0 Å². The van der Waals surface area contributed by atoms with E-state index in [1.807, 2.05) is 126 Å². The Balaban J connectivity index is 0.00000672. The number of rotatable bonds is 12. The van der Waals surface area contributed by atoms with Crippen molar-refractivity contribution in [2.24, 2.45) is 0 Å². The van der Waals surface area contributed by atoms with E-state index in [2.05, 4.69) is 75.2 Å². The van der Waals surface area contributed by atoms with Crippen molar-refractivity contribution in [1.29, 1.82) is 0 Å². The molecule has 0 fully saturated rings. The van der Waals surface area contributed by atoms with Crippen molar-refractivity contribution >= 4 is 49.1 Å². The Morgan fingerprint density at radius 1 is 0.429 bits per heavy atom. The maximum atomic E-state index is 9.88. The summed E-state index contributed by atoms with van der Waals surface area (Å²) in [6.45, 7) is 0. The van der Waals surface area contributed by atoms with Crippen molar-refractivity contribution < 1.29 is 31.1 Å². The predicted molar refractivity (Wildman–Crippen MR) is 309 cm³/mol. The van der Waals surface area contributed by atoms with Crippen molar-refractivity contribution in [3.63, 3.8) is 0 Å². The van der Waals surface area contributed by atoms with Gasteiger partial charge in [-0.3, -0.25) is 4.52 Å². The Morgan fingerprint density at radius 2 is 1.05 bits per heavy atom. The maximum absolute atomic E-state index is 9.88. The number of hydrogen-bond acceptors (Lipinski definition) is 4. The van der Waals surface area contributed by atoms with Crippen molar-refractivity contribution in [2.45, 2.75) is 25.5 Å². The first-order valence-electron chi connectivity index (χ1n) is 29.0. The second kappa shape index (κ2) is 20.5. The van der Waals surface area contributed by atoms with Crippen LogP contribution in [0, 0.1) is 18.2 Å². The molecule has 0 aliphatic carbocycles. The summed E-state index contributed by atoms with van der Waals surface area (Å²) in [4.78, 5) is 14.4. The summed E-state index contributed by atoms with van der Waals surface area (Å²) < 4.78 is 82.2. The number of pyridine rings is 4. The summed E-state index contributed by atoms with van der Waals surface area (Å²) in [6, 6.07) is 75.3. The fourth-order valence-corrected chi connectivity index (χ4v) is 10.5. The predicted octanol–water partition coefficient (Wildman–Crippen LogP) is 16.2. The number of fused-ring (bicyclic) bond motifs is 9. The Bertz CT molecular complexity index is 4720. The molecule has 0 spiro atoms. The van der Waals surface area contributed by atoms with Gasteiger partial charge in [-0.15, -0.1) is 96.1 Å². The second-order valence-electron chi connectivity index (χ2n) is 18.5. The minimum Gasteiger partial charge on any atom is -0.309 e. The number of benzene rings is 8. The third-order valence-electron chi connectivity index (χ3n) is 13.9. The molecule has 6 aromatic heterocycles. The van der Waals surface area contributed by atoms with E-state index in [-0.39, 0.29) is 42.4 Å². The first-order valence-corrected chi connectivity index (χ1v) is 25.0. The van der Waals surface area contributed by atoms with Gasteiger partial charge in [-0.25, -0.2) is 0 Å². The molecule has 0 saturated carbocycles. The fraction of sp³-hybridized carbons (Fsp3) is 0.0571.